The van der Waals surface area contributed by atoms with Crippen LogP contribution in [0.4, 0.5) is 0 Å². The first kappa shape index (κ1) is 14.7. The minimum absolute atomic E-state index is 0.448. The molecule has 0 heterocycles. The largest absolute Gasteiger partial charge is 0.364 e. The molecular weight excluding hydrogens is 244 g/mol. The van der Waals surface area contributed by atoms with E-state index in [0.717, 1.165) is 6.54 Å². The Balaban J connectivity index is 3.94. The first-order valence-corrected chi connectivity index (χ1v) is 5.50. The summed E-state index contributed by atoms with van der Waals surface area (Å²) in [5.41, 5.74) is 5.96. The third-order valence-corrected chi connectivity index (χ3v) is 1.85. The standard InChI is InChI=1S/C8H16N6S2/c1-4-10-8(16)13-11-5-6(2)12-14-7(15)9-3/h5H,4H2,1-3H3,(H2,9,14,15)(H2,10,13,16)/b11-5+,12-6+. The average Bonchev–Trinajstić information content (AvgIpc) is 2.26. The van der Waals surface area contributed by atoms with Gasteiger partial charge in [0.15, 0.2) is 10.2 Å². The quantitative estimate of drug-likeness (QED) is 0.322. The molecule has 0 aromatic carbocycles. The highest BCUT2D eigenvalue weighted by atomic mass is 32.1. The molecule has 0 unspecified atom stereocenters. The van der Waals surface area contributed by atoms with E-state index >= 15 is 0 Å². The van der Waals surface area contributed by atoms with Gasteiger partial charge in [-0.05, 0) is 38.3 Å². The summed E-state index contributed by atoms with van der Waals surface area (Å²) in [6.07, 6.45) is 1.54. The zero-order valence-corrected chi connectivity index (χ0v) is 11.1. The first-order chi connectivity index (χ1) is 7.60. The van der Waals surface area contributed by atoms with Gasteiger partial charge >= 0.3 is 0 Å². The Morgan fingerprint density at radius 3 is 2.50 bits per heavy atom. The van der Waals surface area contributed by atoms with Gasteiger partial charge in [0, 0.05) is 13.6 Å². The maximum absolute atomic E-state index is 4.91. The summed E-state index contributed by atoms with van der Waals surface area (Å²) in [7, 11) is 1.71. The molecule has 0 aromatic rings. The van der Waals surface area contributed by atoms with Crippen LogP contribution in [0.15, 0.2) is 10.2 Å². The van der Waals surface area contributed by atoms with E-state index < -0.39 is 0 Å². The minimum Gasteiger partial charge on any atom is -0.364 e. The van der Waals surface area contributed by atoms with Crippen LogP contribution in [-0.4, -0.2) is 35.7 Å². The molecular formula is C8H16N6S2. The van der Waals surface area contributed by atoms with E-state index in [2.05, 4.69) is 31.7 Å². The van der Waals surface area contributed by atoms with Crippen molar-refractivity contribution < 1.29 is 0 Å². The highest BCUT2D eigenvalue weighted by Crippen LogP contribution is 1.72. The molecule has 0 saturated carbocycles. The topological polar surface area (TPSA) is 72.8 Å². The van der Waals surface area contributed by atoms with Gasteiger partial charge in [-0.3, -0.25) is 10.9 Å². The SMILES string of the molecule is CCNC(=S)N/N=C/C(C)=N/NC(=S)NC. The van der Waals surface area contributed by atoms with E-state index in [4.69, 9.17) is 24.4 Å². The smallest absolute Gasteiger partial charge is 0.186 e. The fourth-order valence-corrected chi connectivity index (χ4v) is 0.851. The number of nitrogens with one attached hydrogen (secondary N) is 4. The summed E-state index contributed by atoms with van der Waals surface area (Å²) in [5.74, 6) is 0. The van der Waals surface area contributed by atoms with Crippen LogP contribution in [0, 0.1) is 0 Å². The Labute approximate surface area is 106 Å². The van der Waals surface area contributed by atoms with Gasteiger partial charge in [0.25, 0.3) is 0 Å². The van der Waals surface area contributed by atoms with Crippen LogP contribution in [0.1, 0.15) is 13.8 Å². The normalized spacial score (nSPS) is 11.1. The zero-order valence-electron chi connectivity index (χ0n) is 9.50. The predicted octanol–water partition coefficient (Wildman–Crippen LogP) is -0.0740. The third kappa shape index (κ3) is 8.06. The van der Waals surface area contributed by atoms with E-state index in [-0.39, 0.29) is 0 Å². The monoisotopic (exact) mass is 260 g/mol. The lowest BCUT2D eigenvalue weighted by Crippen LogP contribution is -2.32. The number of thiocarbonyl (C=S) groups is 2. The molecule has 0 radical (unpaired) electrons. The van der Waals surface area contributed by atoms with Crippen molar-refractivity contribution in [1.82, 2.24) is 21.5 Å². The van der Waals surface area contributed by atoms with Crippen LogP contribution in [-0.2, 0) is 0 Å². The summed E-state index contributed by atoms with van der Waals surface area (Å²) in [4.78, 5) is 0. The predicted molar refractivity (Wildman–Crippen MR) is 75.8 cm³/mol. The second-order valence-corrected chi connectivity index (χ2v) is 3.49. The Hall–Kier alpha value is -1.28. The number of hydrogen-bond acceptors (Lipinski definition) is 4. The van der Waals surface area contributed by atoms with E-state index in [0.29, 0.717) is 15.9 Å². The van der Waals surface area contributed by atoms with Crippen molar-refractivity contribution in [2.24, 2.45) is 10.2 Å². The Kier molecular flexibility index (Phi) is 8.26. The van der Waals surface area contributed by atoms with Crippen LogP contribution < -0.4 is 21.5 Å². The van der Waals surface area contributed by atoms with Crippen molar-refractivity contribution in [3.8, 4) is 0 Å². The lowest BCUT2D eigenvalue weighted by Gasteiger charge is -2.03. The van der Waals surface area contributed by atoms with Crippen molar-refractivity contribution in [2.75, 3.05) is 13.6 Å². The van der Waals surface area contributed by atoms with Crippen molar-refractivity contribution in [3.05, 3.63) is 0 Å². The summed E-state index contributed by atoms with van der Waals surface area (Å²) < 4.78 is 0. The molecule has 0 atom stereocenters. The second kappa shape index (κ2) is 8.98. The fourth-order valence-electron chi connectivity index (χ4n) is 0.608. The minimum atomic E-state index is 0.448. The molecule has 8 heteroatoms. The Bertz CT molecular complexity index is 299. The van der Waals surface area contributed by atoms with Gasteiger partial charge < -0.3 is 10.6 Å². The van der Waals surface area contributed by atoms with Crippen LogP contribution in [0.3, 0.4) is 0 Å². The molecule has 16 heavy (non-hydrogen) atoms. The molecule has 0 amide bonds. The van der Waals surface area contributed by atoms with Crippen LogP contribution >= 0.6 is 24.4 Å². The maximum Gasteiger partial charge on any atom is 0.186 e. The molecule has 0 aliphatic rings. The van der Waals surface area contributed by atoms with Crippen molar-refractivity contribution >= 4 is 46.6 Å². The second-order valence-electron chi connectivity index (χ2n) is 2.67. The molecule has 6 nitrogen and oxygen atoms in total. The molecule has 0 spiro atoms. The Morgan fingerprint density at radius 1 is 1.25 bits per heavy atom. The lowest BCUT2D eigenvalue weighted by molar-refractivity contribution is 0.904. The average molecular weight is 260 g/mol. The molecule has 0 rings (SSSR count). The van der Waals surface area contributed by atoms with E-state index in [9.17, 15) is 0 Å². The van der Waals surface area contributed by atoms with Crippen LogP contribution in [0.25, 0.3) is 0 Å². The molecule has 0 aliphatic carbocycles. The maximum atomic E-state index is 4.91. The molecule has 4 N–H and O–H groups in total. The van der Waals surface area contributed by atoms with E-state index in [1.165, 1.54) is 6.21 Å². The zero-order chi connectivity index (χ0) is 12.4. The molecule has 0 aromatic heterocycles. The lowest BCUT2D eigenvalue weighted by atomic mass is 10.5. The van der Waals surface area contributed by atoms with E-state index in [1.54, 1.807) is 14.0 Å². The third-order valence-electron chi connectivity index (χ3n) is 1.32. The Morgan fingerprint density at radius 2 is 1.94 bits per heavy atom. The highest BCUT2D eigenvalue weighted by molar-refractivity contribution is 7.80. The molecule has 0 fully saturated rings. The van der Waals surface area contributed by atoms with Gasteiger partial charge in [0.05, 0.1) is 11.9 Å². The number of nitrogens with zero attached hydrogens (tertiary/aromatic N) is 2. The number of hydrogen-bond donors (Lipinski definition) is 4. The fraction of sp³-hybridized carbons (Fsp3) is 0.500. The van der Waals surface area contributed by atoms with Gasteiger partial charge in [-0.15, -0.1) is 0 Å². The van der Waals surface area contributed by atoms with Crippen molar-refractivity contribution in [2.45, 2.75) is 13.8 Å². The van der Waals surface area contributed by atoms with E-state index in [1.807, 2.05) is 6.92 Å². The molecule has 0 bridgehead atoms. The summed E-state index contributed by atoms with van der Waals surface area (Å²) in [5, 5.41) is 14.4. The number of hydrazone groups is 2. The summed E-state index contributed by atoms with van der Waals surface area (Å²) in [6, 6.07) is 0. The van der Waals surface area contributed by atoms with Gasteiger partial charge in [0.2, 0.25) is 0 Å². The molecule has 90 valence electrons. The van der Waals surface area contributed by atoms with Gasteiger partial charge in [-0.1, -0.05) is 0 Å². The van der Waals surface area contributed by atoms with Crippen molar-refractivity contribution in [1.29, 1.82) is 0 Å². The number of rotatable bonds is 4. The van der Waals surface area contributed by atoms with Crippen molar-refractivity contribution in [3.63, 3.8) is 0 Å². The van der Waals surface area contributed by atoms with Gasteiger partial charge in [0.1, 0.15) is 0 Å². The van der Waals surface area contributed by atoms with Crippen LogP contribution in [0.2, 0.25) is 0 Å². The first-order valence-electron chi connectivity index (χ1n) is 4.69. The van der Waals surface area contributed by atoms with Gasteiger partial charge in [-0.2, -0.15) is 10.2 Å². The highest BCUT2D eigenvalue weighted by Gasteiger charge is 1.90. The molecule has 0 saturated heterocycles. The summed E-state index contributed by atoms with van der Waals surface area (Å²) in [6.45, 7) is 4.49. The summed E-state index contributed by atoms with van der Waals surface area (Å²) >= 11 is 9.75. The van der Waals surface area contributed by atoms with Gasteiger partial charge in [-0.25, -0.2) is 0 Å². The molecule has 0 aliphatic heterocycles. The van der Waals surface area contributed by atoms with Crippen LogP contribution in [0.5, 0.6) is 0 Å².